The Balaban J connectivity index is 1.20. The van der Waals surface area contributed by atoms with Crippen LogP contribution in [0.2, 0.25) is 0 Å². The van der Waals surface area contributed by atoms with Crippen molar-refractivity contribution in [1.29, 1.82) is 0 Å². The molecule has 4 aliphatic carbocycles. The Morgan fingerprint density at radius 1 is 0.500 bits per heavy atom. The summed E-state index contributed by atoms with van der Waals surface area (Å²) in [4.78, 5) is 52.8. The maximum atomic E-state index is 14.7. The second kappa shape index (κ2) is 20.2. The zero-order valence-corrected chi connectivity index (χ0v) is 32.7. The van der Waals surface area contributed by atoms with Crippen LogP contribution in [0.1, 0.15) is 128 Å². The predicted octanol–water partition coefficient (Wildman–Crippen LogP) is 6.40. The Hall–Kier alpha value is -2.60. The Morgan fingerprint density at radius 2 is 0.808 bits per heavy atom. The minimum Gasteiger partial charge on any atom is -0.378 e. The number of guanidine groups is 2. The van der Waals surface area contributed by atoms with Gasteiger partial charge in [-0.15, -0.1) is 0 Å². The summed E-state index contributed by atoms with van der Waals surface area (Å²) in [6, 6.07) is 0.823. The average Bonchev–Trinajstić information content (AvgIpc) is 3.21. The Bertz CT molecular complexity index is 1070. The van der Waals surface area contributed by atoms with Crippen molar-refractivity contribution in [2.75, 3.05) is 79.8 Å². The van der Waals surface area contributed by atoms with E-state index >= 15 is 0 Å². The molecule has 6 rings (SSSR count). The number of ether oxygens (including phenoxy) is 2. The largest absolute Gasteiger partial charge is 0.378 e. The topological polar surface area (TPSA) is 96.8 Å². The van der Waals surface area contributed by atoms with Crippen molar-refractivity contribution in [3.05, 3.63) is 0 Å². The van der Waals surface area contributed by atoms with Gasteiger partial charge in [-0.05, 0) is 51.4 Å². The second-order valence-corrected chi connectivity index (χ2v) is 16.4. The van der Waals surface area contributed by atoms with Crippen molar-refractivity contribution in [1.82, 2.24) is 29.4 Å². The van der Waals surface area contributed by atoms with Crippen LogP contribution >= 0.6 is 0 Å². The van der Waals surface area contributed by atoms with Gasteiger partial charge in [-0.25, -0.2) is 19.6 Å². The second-order valence-electron chi connectivity index (χ2n) is 16.4. The monoisotopic (exact) mass is 727 g/mol. The number of hydrogen-bond donors (Lipinski definition) is 0. The summed E-state index contributed by atoms with van der Waals surface area (Å²) in [5, 5.41) is 0. The van der Waals surface area contributed by atoms with Crippen molar-refractivity contribution < 1.29 is 19.1 Å². The number of rotatable bonds is 7. The van der Waals surface area contributed by atoms with Crippen LogP contribution in [0.4, 0.5) is 9.59 Å². The quantitative estimate of drug-likeness (QED) is 0.223. The van der Waals surface area contributed by atoms with E-state index in [1.54, 1.807) is 0 Å². The number of nitrogens with zero attached hydrogens (tertiary/aromatic N) is 8. The molecule has 52 heavy (non-hydrogen) atoms. The SMILES string of the molecule is CN(CCN(C)C(=O)N(C(=NC1CCCCC1)N1CCOCC1)C1CCCCC1)C(=O)N(C(=NC1CCCCC1)N1CCOCC1)C1CCCCC1. The van der Waals surface area contributed by atoms with Gasteiger partial charge in [0.2, 0.25) is 11.9 Å². The fourth-order valence-corrected chi connectivity index (χ4v) is 9.21. The fraction of sp³-hybridized carbons (Fsp3) is 0.900. The lowest BCUT2D eigenvalue weighted by Gasteiger charge is -2.43. The molecule has 4 saturated carbocycles. The van der Waals surface area contributed by atoms with Crippen LogP contribution in [-0.2, 0) is 9.47 Å². The summed E-state index contributed by atoms with van der Waals surface area (Å²) in [5.74, 6) is 1.72. The van der Waals surface area contributed by atoms with Gasteiger partial charge in [-0.2, -0.15) is 0 Å². The van der Waals surface area contributed by atoms with Gasteiger partial charge in [0.25, 0.3) is 0 Å². The molecule has 4 amide bonds. The van der Waals surface area contributed by atoms with Crippen LogP contribution in [0.25, 0.3) is 0 Å². The lowest BCUT2D eigenvalue weighted by Crippen LogP contribution is -2.59. The standard InChI is InChI=1S/C40H70N8O4/c1-43(39(49)47(35-19-11-5-12-20-35)37(45-25-29-51-30-26-45)41-33-15-7-3-8-16-33)23-24-44(2)40(50)48(36-21-13-6-14-22-36)38(46-27-31-52-32-28-46)42-34-17-9-4-10-18-34/h33-36H,3-32H2,1-2H3. The van der Waals surface area contributed by atoms with Gasteiger partial charge in [-0.3, -0.25) is 9.80 Å². The van der Waals surface area contributed by atoms with E-state index in [2.05, 4.69) is 19.6 Å². The van der Waals surface area contributed by atoms with Crippen molar-refractivity contribution >= 4 is 24.0 Å². The van der Waals surface area contributed by atoms with Crippen molar-refractivity contribution in [2.24, 2.45) is 9.98 Å². The number of morpholine rings is 2. The molecule has 2 aliphatic heterocycles. The molecule has 0 aromatic heterocycles. The first-order chi connectivity index (χ1) is 25.5. The summed E-state index contributed by atoms with van der Waals surface area (Å²) in [7, 11) is 3.83. The van der Waals surface area contributed by atoms with Crippen LogP contribution in [0.15, 0.2) is 9.98 Å². The van der Waals surface area contributed by atoms with E-state index in [0.717, 1.165) is 115 Å². The van der Waals surface area contributed by atoms with Gasteiger partial charge in [0.05, 0.1) is 38.5 Å². The molecule has 0 atom stereocenters. The molecule has 6 aliphatic rings. The van der Waals surface area contributed by atoms with E-state index in [-0.39, 0.29) is 36.2 Å². The smallest absolute Gasteiger partial charge is 0.326 e. The zero-order chi connectivity index (χ0) is 36.1. The van der Waals surface area contributed by atoms with Crippen LogP contribution in [0.3, 0.4) is 0 Å². The first-order valence-electron chi connectivity index (χ1n) is 21.4. The highest BCUT2D eigenvalue weighted by molar-refractivity contribution is 5.98. The van der Waals surface area contributed by atoms with Gasteiger partial charge in [0, 0.05) is 65.4 Å². The minimum atomic E-state index is 0.00537. The predicted molar refractivity (Wildman–Crippen MR) is 207 cm³/mol. The minimum absolute atomic E-state index is 0.00537. The van der Waals surface area contributed by atoms with E-state index < -0.39 is 0 Å². The third kappa shape index (κ3) is 10.5. The number of carbonyl (C=O) groups excluding carboxylic acids is 2. The third-order valence-corrected chi connectivity index (χ3v) is 12.5. The molecule has 12 heteroatoms. The Morgan fingerprint density at radius 3 is 1.13 bits per heavy atom. The molecule has 0 bridgehead atoms. The third-order valence-electron chi connectivity index (χ3n) is 12.5. The van der Waals surface area contributed by atoms with E-state index in [1.807, 2.05) is 23.9 Å². The summed E-state index contributed by atoms with van der Waals surface area (Å²) in [6.07, 6.45) is 22.8. The Labute approximate surface area is 314 Å². The highest BCUT2D eigenvalue weighted by Crippen LogP contribution is 2.29. The average molecular weight is 727 g/mol. The van der Waals surface area contributed by atoms with Crippen LogP contribution < -0.4 is 0 Å². The summed E-state index contributed by atoms with van der Waals surface area (Å²) in [6.45, 7) is 6.58. The number of hydrogen-bond acceptors (Lipinski definition) is 6. The van der Waals surface area contributed by atoms with Gasteiger partial charge >= 0.3 is 12.1 Å². The molecule has 0 radical (unpaired) electrons. The van der Waals surface area contributed by atoms with E-state index in [1.165, 1.54) is 51.4 Å². The van der Waals surface area contributed by atoms with Crippen molar-refractivity contribution in [2.45, 2.75) is 153 Å². The number of carbonyl (C=O) groups is 2. The molecule has 2 saturated heterocycles. The first-order valence-corrected chi connectivity index (χ1v) is 21.4. The van der Waals surface area contributed by atoms with E-state index in [4.69, 9.17) is 19.5 Å². The van der Waals surface area contributed by atoms with Gasteiger partial charge in [0.1, 0.15) is 0 Å². The molecule has 2 heterocycles. The molecule has 0 aromatic rings. The van der Waals surface area contributed by atoms with Crippen molar-refractivity contribution in [3.8, 4) is 0 Å². The van der Waals surface area contributed by atoms with Gasteiger partial charge < -0.3 is 29.1 Å². The summed E-state index contributed by atoms with van der Waals surface area (Å²) >= 11 is 0. The maximum absolute atomic E-state index is 14.7. The molecule has 0 aromatic carbocycles. The summed E-state index contributed by atoms with van der Waals surface area (Å²) in [5.41, 5.74) is 0. The number of amides is 4. The zero-order valence-electron chi connectivity index (χ0n) is 32.7. The lowest BCUT2D eigenvalue weighted by molar-refractivity contribution is 0.0586. The maximum Gasteiger partial charge on any atom is 0.326 e. The molecule has 0 N–H and O–H groups in total. The molecule has 294 valence electrons. The van der Waals surface area contributed by atoms with Crippen LogP contribution in [-0.4, -0.2) is 157 Å². The summed E-state index contributed by atoms with van der Waals surface area (Å²) < 4.78 is 11.5. The molecule has 12 nitrogen and oxygen atoms in total. The normalized spacial score (nSPS) is 24.1. The van der Waals surface area contributed by atoms with E-state index in [9.17, 15) is 9.59 Å². The molecular weight excluding hydrogens is 656 g/mol. The number of aliphatic imine (C=N–C) groups is 2. The lowest BCUT2D eigenvalue weighted by atomic mass is 9.94. The fourth-order valence-electron chi connectivity index (χ4n) is 9.21. The molecular formula is C40H70N8O4. The number of likely N-dealkylation sites (N-methyl/N-ethyl adjacent to an activating group) is 2. The highest BCUT2D eigenvalue weighted by atomic mass is 16.5. The van der Waals surface area contributed by atoms with Crippen molar-refractivity contribution in [3.63, 3.8) is 0 Å². The van der Waals surface area contributed by atoms with Crippen LogP contribution in [0.5, 0.6) is 0 Å². The first kappa shape index (κ1) is 39.1. The number of urea groups is 2. The van der Waals surface area contributed by atoms with Gasteiger partial charge in [0.15, 0.2) is 0 Å². The molecule has 6 fully saturated rings. The van der Waals surface area contributed by atoms with Crippen LogP contribution in [0, 0.1) is 0 Å². The highest BCUT2D eigenvalue weighted by Gasteiger charge is 2.38. The molecule has 0 spiro atoms. The van der Waals surface area contributed by atoms with E-state index in [0.29, 0.717) is 39.5 Å². The molecule has 0 unspecified atom stereocenters. The Kier molecular flexibility index (Phi) is 15.2. The van der Waals surface area contributed by atoms with Gasteiger partial charge in [-0.1, -0.05) is 77.0 Å².